The van der Waals surface area contributed by atoms with E-state index in [0.29, 0.717) is 17.9 Å². The largest absolute Gasteiger partial charge is 0.469 e. The molecule has 0 aliphatic carbocycles. The maximum Gasteiger partial charge on any atom is 0.325 e. The van der Waals surface area contributed by atoms with E-state index in [4.69, 9.17) is 0 Å². The van der Waals surface area contributed by atoms with Crippen LogP contribution in [0.2, 0.25) is 0 Å². The van der Waals surface area contributed by atoms with Crippen LogP contribution in [0.4, 0.5) is 0 Å². The average molecular weight is 320 g/mol. The Labute approximate surface area is 134 Å². The Morgan fingerprint density at radius 3 is 2.61 bits per heavy atom. The lowest BCUT2D eigenvalue weighted by Crippen LogP contribution is -2.15. The molecule has 0 fully saturated rings. The van der Waals surface area contributed by atoms with E-state index in [1.165, 1.54) is 14.2 Å². The van der Waals surface area contributed by atoms with Crippen molar-refractivity contribution in [3.8, 4) is 0 Å². The summed E-state index contributed by atoms with van der Waals surface area (Å²) in [5.74, 6) is 0.0485. The summed E-state index contributed by atoms with van der Waals surface area (Å²) in [6.07, 6.45) is 4.12. The maximum atomic E-state index is 11.4. The first kappa shape index (κ1) is 16.9. The summed E-state index contributed by atoms with van der Waals surface area (Å²) < 4.78 is 11.0. The van der Waals surface area contributed by atoms with Gasteiger partial charge >= 0.3 is 11.9 Å². The second kappa shape index (κ2) is 6.72. The molecule has 0 saturated carbocycles. The molecule has 0 saturated heterocycles. The highest BCUT2D eigenvalue weighted by Gasteiger charge is 2.32. The molecule has 0 amide bonds. The SMILES string of the molecule is COC(=O)CCC1=NC(C)(c2cn(CC(=O)OC)c(C)n2)N=C1. The van der Waals surface area contributed by atoms with Gasteiger partial charge in [-0.05, 0) is 13.8 Å². The first-order chi connectivity index (χ1) is 10.9. The fourth-order valence-electron chi connectivity index (χ4n) is 2.21. The number of esters is 2. The summed E-state index contributed by atoms with van der Waals surface area (Å²) in [6, 6.07) is 0. The second-order valence-electron chi connectivity index (χ2n) is 5.34. The smallest absolute Gasteiger partial charge is 0.325 e. The maximum absolute atomic E-state index is 11.4. The number of aromatic nitrogens is 2. The average Bonchev–Trinajstić information content (AvgIpc) is 3.09. The van der Waals surface area contributed by atoms with Gasteiger partial charge in [0.2, 0.25) is 0 Å². The van der Waals surface area contributed by atoms with Gasteiger partial charge in [-0.1, -0.05) is 0 Å². The lowest BCUT2D eigenvalue weighted by Gasteiger charge is -2.14. The zero-order valence-corrected chi connectivity index (χ0v) is 13.7. The lowest BCUT2D eigenvalue weighted by molar-refractivity contribution is -0.141. The van der Waals surface area contributed by atoms with E-state index in [1.54, 1.807) is 23.9 Å². The molecule has 0 spiro atoms. The monoisotopic (exact) mass is 320 g/mol. The standard InChI is InChI=1S/C15H20N4O4/c1-10-17-12(8-19(10)9-14(21)23-4)15(2)16-7-11(18-15)5-6-13(20)22-3/h7-8H,5-6,9H2,1-4H3. The van der Waals surface area contributed by atoms with Crippen LogP contribution >= 0.6 is 0 Å². The van der Waals surface area contributed by atoms with Crippen molar-refractivity contribution in [3.63, 3.8) is 0 Å². The molecule has 2 rings (SSSR count). The van der Waals surface area contributed by atoms with Crippen LogP contribution in [0.3, 0.4) is 0 Å². The Kier molecular flexibility index (Phi) is 4.92. The van der Waals surface area contributed by atoms with Gasteiger partial charge in [-0.25, -0.2) is 4.98 Å². The molecule has 2 heterocycles. The number of carbonyl (C=O) groups excluding carboxylic acids is 2. The van der Waals surface area contributed by atoms with Gasteiger partial charge in [0.25, 0.3) is 0 Å². The Hall–Kier alpha value is -2.51. The summed E-state index contributed by atoms with van der Waals surface area (Å²) in [5, 5.41) is 0. The highest BCUT2D eigenvalue weighted by molar-refractivity contribution is 6.32. The van der Waals surface area contributed by atoms with Crippen molar-refractivity contribution in [3.05, 3.63) is 17.7 Å². The summed E-state index contributed by atoms with van der Waals surface area (Å²) in [4.78, 5) is 36.0. The van der Waals surface area contributed by atoms with E-state index in [1.807, 2.05) is 6.92 Å². The van der Waals surface area contributed by atoms with Gasteiger partial charge in [-0.3, -0.25) is 19.6 Å². The molecule has 1 atom stereocenters. The Balaban J connectivity index is 2.14. The Morgan fingerprint density at radius 2 is 1.96 bits per heavy atom. The Bertz CT molecular complexity index is 677. The molecule has 0 aromatic carbocycles. The van der Waals surface area contributed by atoms with Crippen molar-refractivity contribution < 1.29 is 19.1 Å². The van der Waals surface area contributed by atoms with Crippen molar-refractivity contribution in [2.75, 3.05) is 14.2 Å². The zero-order valence-electron chi connectivity index (χ0n) is 13.7. The third kappa shape index (κ3) is 3.82. The molecule has 1 aliphatic rings. The van der Waals surface area contributed by atoms with Gasteiger partial charge in [0, 0.05) is 18.8 Å². The minimum Gasteiger partial charge on any atom is -0.469 e. The van der Waals surface area contributed by atoms with Gasteiger partial charge < -0.3 is 14.0 Å². The quantitative estimate of drug-likeness (QED) is 0.729. The van der Waals surface area contributed by atoms with Gasteiger partial charge in [-0.15, -0.1) is 0 Å². The number of nitrogens with zero attached hydrogens (tertiary/aromatic N) is 4. The number of aryl methyl sites for hydroxylation is 1. The first-order valence-corrected chi connectivity index (χ1v) is 7.20. The third-order valence-electron chi connectivity index (χ3n) is 3.63. The van der Waals surface area contributed by atoms with E-state index in [2.05, 4.69) is 24.4 Å². The van der Waals surface area contributed by atoms with Crippen LogP contribution in [0.15, 0.2) is 16.2 Å². The summed E-state index contributed by atoms with van der Waals surface area (Å²) >= 11 is 0. The number of rotatable bonds is 6. The fourth-order valence-corrected chi connectivity index (χ4v) is 2.21. The van der Waals surface area contributed by atoms with Crippen LogP contribution in [0.5, 0.6) is 0 Å². The summed E-state index contributed by atoms with van der Waals surface area (Å²) in [6.45, 7) is 3.73. The molecular formula is C15H20N4O4. The molecule has 1 aliphatic heterocycles. The van der Waals surface area contributed by atoms with E-state index in [0.717, 1.165) is 5.71 Å². The summed E-state index contributed by atoms with van der Waals surface area (Å²) in [7, 11) is 2.70. The Morgan fingerprint density at radius 1 is 1.26 bits per heavy atom. The van der Waals surface area contributed by atoms with E-state index < -0.39 is 5.66 Å². The molecule has 1 aromatic rings. The van der Waals surface area contributed by atoms with Crippen LogP contribution in [0.25, 0.3) is 0 Å². The van der Waals surface area contributed by atoms with E-state index in [9.17, 15) is 9.59 Å². The van der Waals surface area contributed by atoms with E-state index in [-0.39, 0.29) is 24.9 Å². The van der Waals surface area contributed by atoms with Crippen LogP contribution in [-0.2, 0) is 31.3 Å². The number of aliphatic imine (C=N–C) groups is 2. The topological polar surface area (TPSA) is 95.1 Å². The highest BCUT2D eigenvalue weighted by Crippen LogP contribution is 2.30. The lowest BCUT2D eigenvalue weighted by atomic mass is 10.1. The predicted octanol–water partition coefficient (Wildman–Crippen LogP) is 1.02. The number of methoxy groups -OCH3 is 2. The number of hydrogen-bond donors (Lipinski definition) is 0. The third-order valence-corrected chi connectivity index (χ3v) is 3.63. The van der Waals surface area contributed by atoms with Crippen molar-refractivity contribution in [1.82, 2.24) is 9.55 Å². The molecule has 23 heavy (non-hydrogen) atoms. The van der Waals surface area contributed by atoms with Crippen LogP contribution in [0.1, 0.15) is 31.3 Å². The van der Waals surface area contributed by atoms with Gasteiger partial charge in [0.1, 0.15) is 18.1 Å². The highest BCUT2D eigenvalue weighted by atomic mass is 16.5. The number of hydrogen-bond acceptors (Lipinski definition) is 7. The van der Waals surface area contributed by atoms with E-state index >= 15 is 0 Å². The summed E-state index contributed by atoms with van der Waals surface area (Å²) in [5.41, 5.74) is 0.527. The zero-order chi connectivity index (χ0) is 17.0. The minimum atomic E-state index is -0.836. The number of ether oxygens (including phenoxy) is 2. The van der Waals surface area contributed by atoms with Gasteiger partial charge in [0.05, 0.1) is 26.4 Å². The number of imidazole rings is 1. The van der Waals surface area contributed by atoms with Gasteiger partial charge in [0.15, 0.2) is 5.66 Å². The molecule has 8 nitrogen and oxygen atoms in total. The molecule has 0 N–H and O–H groups in total. The normalized spacial score (nSPS) is 19.6. The first-order valence-electron chi connectivity index (χ1n) is 7.20. The number of carbonyl (C=O) groups is 2. The molecule has 0 bridgehead atoms. The molecule has 124 valence electrons. The van der Waals surface area contributed by atoms with Crippen LogP contribution in [-0.4, -0.2) is 47.6 Å². The minimum absolute atomic E-state index is 0.0913. The van der Waals surface area contributed by atoms with Crippen molar-refractivity contribution in [2.45, 2.75) is 38.9 Å². The second-order valence-corrected chi connectivity index (χ2v) is 5.34. The van der Waals surface area contributed by atoms with Crippen molar-refractivity contribution >= 4 is 23.9 Å². The fraction of sp³-hybridized carbons (Fsp3) is 0.533. The van der Waals surface area contributed by atoms with Crippen LogP contribution in [0, 0.1) is 6.92 Å². The van der Waals surface area contributed by atoms with Crippen molar-refractivity contribution in [1.29, 1.82) is 0 Å². The molecule has 1 aromatic heterocycles. The predicted molar refractivity (Wildman–Crippen MR) is 83.5 cm³/mol. The molecule has 1 unspecified atom stereocenters. The molecule has 8 heteroatoms. The van der Waals surface area contributed by atoms with Gasteiger partial charge in [-0.2, -0.15) is 0 Å². The molecule has 0 radical (unpaired) electrons. The van der Waals surface area contributed by atoms with Crippen LogP contribution < -0.4 is 0 Å². The van der Waals surface area contributed by atoms with Crippen molar-refractivity contribution in [2.24, 2.45) is 9.98 Å². The molecular weight excluding hydrogens is 300 g/mol.